The summed E-state index contributed by atoms with van der Waals surface area (Å²) >= 11 is 6.06. The van der Waals surface area contributed by atoms with Crippen molar-refractivity contribution < 1.29 is 22.7 Å². The smallest absolute Gasteiger partial charge is 0.263 e. The van der Waals surface area contributed by atoms with Crippen LogP contribution in [0.5, 0.6) is 11.5 Å². The zero-order valence-electron chi connectivity index (χ0n) is 12.5. The summed E-state index contributed by atoms with van der Waals surface area (Å²) in [6.07, 6.45) is 0. The standard InChI is InChI=1S/C15H13ClN2O5S/c1-22-10-4-2-9(3-5-10)18-24(20,21)14-7-13-12(6-11(14)16)17-15(19)8-23-13/h2-7,18H,8H2,1H3,(H,17,19). The number of carbonyl (C=O) groups excluding carboxylic acids is 1. The van der Waals surface area contributed by atoms with Crippen LogP contribution in [0.1, 0.15) is 0 Å². The Bertz CT molecular complexity index is 897. The van der Waals surface area contributed by atoms with Crippen LogP contribution in [0.15, 0.2) is 41.3 Å². The molecule has 1 heterocycles. The highest BCUT2D eigenvalue weighted by molar-refractivity contribution is 7.92. The van der Waals surface area contributed by atoms with Crippen molar-refractivity contribution in [2.24, 2.45) is 0 Å². The van der Waals surface area contributed by atoms with Gasteiger partial charge in [0.1, 0.15) is 16.4 Å². The van der Waals surface area contributed by atoms with Gasteiger partial charge >= 0.3 is 0 Å². The van der Waals surface area contributed by atoms with E-state index in [-0.39, 0.29) is 28.2 Å². The highest BCUT2D eigenvalue weighted by Gasteiger charge is 2.24. The quantitative estimate of drug-likeness (QED) is 0.864. The Balaban J connectivity index is 1.93. The largest absolute Gasteiger partial charge is 0.497 e. The molecule has 7 nitrogen and oxygen atoms in total. The Labute approximate surface area is 143 Å². The van der Waals surface area contributed by atoms with Crippen LogP contribution >= 0.6 is 11.6 Å². The first kappa shape index (κ1) is 16.4. The van der Waals surface area contributed by atoms with Gasteiger partial charge < -0.3 is 14.8 Å². The van der Waals surface area contributed by atoms with Crippen molar-refractivity contribution >= 4 is 38.9 Å². The summed E-state index contributed by atoms with van der Waals surface area (Å²) in [5.41, 5.74) is 0.693. The van der Waals surface area contributed by atoms with Crippen molar-refractivity contribution in [2.45, 2.75) is 4.90 Å². The third-order valence-corrected chi connectivity index (χ3v) is 5.14. The van der Waals surface area contributed by atoms with Crippen molar-refractivity contribution in [3.8, 4) is 11.5 Å². The third-order valence-electron chi connectivity index (χ3n) is 3.30. The summed E-state index contributed by atoms with van der Waals surface area (Å²) in [6.45, 7) is -0.181. The Morgan fingerprint density at radius 3 is 2.62 bits per heavy atom. The number of ether oxygens (including phenoxy) is 2. The Kier molecular flexibility index (Phi) is 4.25. The van der Waals surface area contributed by atoms with Gasteiger partial charge in [0.15, 0.2) is 6.61 Å². The summed E-state index contributed by atoms with van der Waals surface area (Å²) in [5.74, 6) is 0.522. The lowest BCUT2D eigenvalue weighted by Gasteiger charge is -2.19. The molecule has 126 valence electrons. The van der Waals surface area contributed by atoms with Crippen molar-refractivity contribution in [3.63, 3.8) is 0 Å². The number of carbonyl (C=O) groups is 1. The lowest BCUT2D eigenvalue weighted by atomic mass is 10.2. The van der Waals surface area contributed by atoms with Crippen LogP contribution in [0, 0.1) is 0 Å². The van der Waals surface area contributed by atoms with Gasteiger partial charge in [0.05, 0.1) is 17.8 Å². The maximum Gasteiger partial charge on any atom is 0.263 e. The number of hydrogen-bond acceptors (Lipinski definition) is 5. The van der Waals surface area contributed by atoms with Gasteiger partial charge in [0.25, 0.3) is 15.9 Å². The topological polar surface area (TPSA) is 93.7 Å². The van der Waals surface area contributed by atoms with Crippen LogP contribution < -0.4 is 19.5 Å². The van der Waals surface area contributed by atoms with E-state index in [2.05, 4.69) is 10.0 Å². The van der Waals surface area contributed by atoms with Crippen LogP contribution in [-0.2, 0) is 14.8 Å². The molecule has 2 aromatic carbocycles. The molecule has 0 saturated carbocycles. The lowest BCUT2D eigenvalue weighted by Crippen LogP contribution is -2.25. The van der Waals surface area contributed by atoms with Crippen LogP contribution in [0.3, 0.4) is 0 Å². The van der Waals surface area contributed by atoms with E-state index in [1.165, 1.54) is 19.2 Å². The first-order valence-electron chi connectivity index (χ1n) is 6.82. The summed E-state index contributed by atoms with van der Waals surface area (Å²) in [5, 5.41) is 2.54. The molecule has 3 rings (SSSR count). The fraction of sp³-hybridized carbons (Fsp3) is 0.133. The second kappa shape index (κ2) is 6.21. The number of sulfonamides is 1. The van der Waals surface area contributed by atoms with E-state index in [4.69, 9.17) is 21.1 Å². The van der Waals surface area contributed by atoms with Gasteiger partial charge in [0.2, 0.25) is 0 Å². The normalized spacial score (nSPS) is 13.5. The molecule has 1 amide bonds. The monoisotopic (exact) mass is 368 g/mol. The minimum Gasteiger partial charge on any atom is -0.497 e. The van der Waals surface area contributed by atoms with Crippen LogP contribution in [-0.4, -0.2) is 28.0 Å². The van der Waals surface area contributed by atoms with Gasteiger partial charge in [-0.3, -0.25) is 9.52 Å². The van der Waals surface area contributed by atoms with E-state index >= 15 is 0 Å². The molecule has 0 saturated heterocycles. The number of methoxy groups -OCH3 is 1. The van der Waals surface area contributed by atoms with Gasteiger partial charge in [-0.1, -0.05) is 11.6 Å². The molecule has 0 atom stereocenters. The highest BCUT2D eigenvalue weighted by atomic mass is 35.5. The Hall–Kier alpha value is -2.45. The average Bonchev–Trinajstić information content (AvgIpc) is 2.54. The lowest BCUT2D eigenvalue weighted by molar-refractivity contribution is -0.118. The van der Waals surface area contributed by atoms with Gasteiger partial charge in [0, 0.05) is 11.8 Å². The second-order valence-corrected chi connectivity index (χ2v) is 7.01. The molecule has 0 aliphatic carbocycles. The number of halogens is 1. The Morgan fingerprint density at radius 2 is 1.96 bits per heavy atom. The molecule has 0 radical (unpaired) electrons. The van der Waals surface area contributed by atoms with Gasteiger partial charge in [-0.05, 0) is 30.3 Å². The van der Waals surface area contributed by atoms with Crippen LogP contribution in [0.4, 0.5) is 11.4 Å². The number of anilines is 2. The molecule has 1 aliphatic rings. The minimum atomic E-state index is -3.93. The molecular formula is C15H13ClN2O5S. The number of nitrogens with one attached hydrogen (secondary N) is 2. The number of hydrogen-bond donors (Lipinski definition) is 2. The zero-order chi connectivity index (χ0) is 17.3. The maximum absolute atomic E-state index is 12.6. The molecule has 24 heavy (non-hydrogen) atoms. The van der Waals surface area contributed by atoms with Gasteiger partial charge in [-0.2, -0.15) is 0 Å². The fourth-order valence-corrected chi connectivity index (χ4v) is 3.76. The van der Waals surface area contributed by atoms with E-state index in [1.54, 1.807) is 24.3 Å². The van der Waals surface area contributed by atoms with Crippen LogP contribution in [0.25, 0.3) is 0 Å². The van der Waals surface area contributed by atoms with Crippen molar-refractivity contribution in [3.05, 3.63) is 41.4 Å². The highest BCUT2D eigenvalue weighted by Crippen LogP contribution is 2.36. The molecule has 2 aromatic rings. The third kappa shape index (κ3) is 3.24. The second-order valence-electron chi connectivity index (χ2n) is 4.95. The molecule has 0 unspecified atom stereocenters. The van der Waals surface area contributed by atoms with E-state index in [0.717, 1.165) is 0 Å². The predicted molar refractivity (Wildman–Crippen MR) is 89.4 cm³/mol. The molecule has 0 bridgehead atoms. The van der Waals surface area contributed by atoms with Crippen molar-refractivity contribution in [2.75, 3.05) is 23.8 Å². The predicted octanol–water partition coefficient (Wildman–Crippen LogP) is 2.48. The van der Waals surface area contributed by atoms with Crippen molar-refractivity contribution in [1.82, 2.24) is 0 Å². The van der Waals surface area contributed by atoms with Gasteiger partial charge in [-0.25, -0.2) is 8.42 Å². The van der Waals surface area contributed by atoms with E-state index in [1.807, 2.05) is 0 Å². The number of benzene rings is 2. The van der Waals surface area contributed by atoms with Crippen molar-refractivity contribution in [1.29, 1.82) is 0 Å². The van der Waals surface area contributed by atoms with Gasteiger partial charge in [-0.15, -0.1) is 0 Å². The SMILES string of the molecule is COc1ccc(NS(=O)(=O)c2cc3c(cc2Cl)NC(=O)CO3)cc1. The fourth-order valence-electron chi connectivity index (χ4n) is 2.16. The average molecular weight is 369 g/mol. The van der Waals surface area contributed by atoms with E-state index in [9.17, 15) is 13.2 Å². The summed E-state index contributed by atoms with van der Waals surface area (Å²) in [7, 11) is -2.41. The summed E-state index contributed by atoms with van der Waals surface area (Å²) in [4.78, 5) is 11.1. The molecule has 0 aromatic heterocycles. The molecule has 0 fully saturated rings. The molecule has 1 aliphatic heterocycles. The molecule has 0 spiro atoms. The number of amides is 1. The van der Waals surface area contributed by atoms with E-state index < -0.39 is 10.0 Å². The first-order valence-corrected chi connectivity index (χ1v) is 8.68. The minimum absolute atomic E-state index is 0.0273. The van der Waals surface area contributed by atoms with Crippen LogP contribution in [0.2, 0.25) is 5.02 Å². The number of rotatable bonds is 4. The van der Waals surface area contributed by atoms with E-state index in [0.29, 0.717) is 17.1 Å². The first-order chi connectivity index (χ1) is 11.4. The molecule has 2 N–H and O–H groups in total. The number of fused-ring (bicyclic) bond motifs is 1. The summed E-state index contributed by atoms with van der Waals surface area (Å²) < 4.78 is 37.8. The summed E-state index contributed by atoms with van der Waals surface area (Å²) in [6, 6.07) is 9.02. The zero-order valence-corrected chi connectivity index (χ0v) is 14.1. The molecule has 9 heteroatoms. The molecular weight excluding hydrogens is 356 g/mol. The maximum atomic E-state index is 12.6. The Morgan fingerprint density at radius 1 is 1.25 bits per heavy atom.